The Kier molecular flexibility index (Phi) is 9.00. The van der Waals surface area contributed by atoms with Gasteiger partial charge in [-0.05, 0) is 120 Å². The fourth-order valence-corrected chi connectivity index (χ4v) is 9.13. The molecule has 4 atom stereocenters. The van der Waals surface area contributed by atoms with Gasteiger partial charge in [-0.15, -0.1) is 0 Å². The SMILES string of the molecule is CSc1nc(N2C[C@@H]3C[C@H]2CN3C(=O)OC(C)(C)C)c2cc(C3CC3)c(-c3c(C)ccc4c3cnn4C3CCCCO3)c(O[C@@H](C)c3ccccc3)c2n1. The van der Waals surface area contributed by atoms with E-state index in [1.165, 1.54) is 11.1 Å². The molecule has 1 saturated carbocycles. The number of rotatable bonds is 8. The minimum Gasteiger partial charge on any atom is -0.483 e. The summed E-state index contributed by atoms with van der Waals surface area (Å²) in [4.78, 5) is 28.1. The molecule has 2 bridgehead atoms. The van der Waals surface area contributed by atoms with E-state index in [0.29, 0.717) is 24.2 Å². The van der Waals surface area contributed by atoms with E-state index in [-0.39, 0.29) is 30.5 Å². The average molecular weight is 747 g/mol. The van der Waals surface area contributed by atoms with Crippen molar-refractivity contribution in [3.05, 3.63) is 71.4 Å². The van der Waals surface area contributed by atoms with Crippen LogP contribution >= 0.6 is 11.8 Å². The average Bonchev–Trinajstić information content (AvgIpc) is 3.59. The topological polar surface area (TPSA) is 94.8 Å². The molecule has 10 nitrogen and oxygen atoms in total. The summed E-state index contributed by atoms with van der Waals surface area (Å²) in [5.74, 6) is 2.11. The van der Waals surface area contributed by atoms with Crippen LogP contribution in [0.3, 0.4) is 0 Å². The van der Waals surface area contributed by atoms with Crippen molar-refractivity contribution in [3.8, 4) is 16.9 Å². The van der Waals surface area contributed by atoms with Gasteiger partial charge in [-0.2, -0.15) is 5.10 Å². The number of nitrogens with zero attached hydrogens (tertiary/aromatic N) is 6. The predicted molar refractivity (Wildman–Crippen MR) is 214 cm³/mol. The van der Waals surface area contributed by atoms with E-state index in [2.05, 4.69) is 65.9 Å². The number of aryl methyl sites for hydroxylation is 1. The highest BCUT2D eigenvalue weighted by Gasteiger charge is 2.48. The second-order valence-corrected chi connectivity index (χ2v) is 17.2. The van der Waals surface area contributed by atoms with Crippen LogP contribution in [-0.2, 0) is 9.47 Å². The van der Waals surface area contributed by atoms with Gasteiger partial charge in [0.25, 0.3) is 0 Å². The molecule has 1 aliphatic carbocycles. The van der Waals surface area contributed by atoms with Crippen LogP contribution in [0.4, 0.5) is 10.6 Å². The third-order valence-electron chi connectivity index (χ3n) is 11.5. The number of anilines is 1. The maximum Gasteiger partial charge on any atom is 0.410 e. The molecule has 2 aromatic heterocycles. The number of thioether (sulfide) groups is 1. The zero-order valence-electron chi connectivity index (χ0n) is 32.2. The molecule has 4 fully saturated rings. The van der Waals surface area contributed by atoms with Crippen LogP contribution in [0, 0.1) is 6.92 Å². The Hall–Kier alpha value is -4.35. The lowest BCUT2D eigenvalue weighted by Gasteiger charge is -2.36. The first kappa shape index (κ1) is 35.4. The van der Waals surface area contributed by atoms with Gasteiger partial charge in [-0.25, -0.2) is 19.4 Å². The number of benzene rings is 3. The van der Waals surface area contributed by atoms with Crippen molar-refractivity contribution in [2.24, 2.45) is 0 Å². The number of carbonyl (C=O) groups excluding carboxylic acids is 1. The van der Waals surface area contributed by atoms with E-state index in [1.54, 1.807) is 11.8 Å². The summed E-state index contributed by atoms with van der Waals surface area (Å²) >= 11 is 1.55. The number of ether oxygens (including phenoxy) is 3. The molecule has 0 radical (unpaired) electrons. The Labute approximate surface area is 321 Å². The molecule has 1 unspecified atom stereocenters. The smallest absolute Gasteiger partial charge is 0.410 e. The molecule has 3 saturated heterocycles. The lowest BCUT2D eigenvalue weighted by atomic mass is 9.88. The summed E-state index contributed by atoms with van der Waals surface area (Å²) in [7, 11) is 0. The van der Waals surface area contributed by atoms with E-state index in [1.807, 2.05) is 44.2 Å². The number of hydrogen-bond acceptors (Lipinski definition) is 9. The van der Waals surface area contributed by atoms with Crippen LogP contribution < -0.4 is 9.64 Å². The number of aromatic nitrogens is 4. The van der Waals surface area contributed by atoms with Gasteiger partial charge in [-0.3, -0.25) is 0 Å². The molecule has 11 heteroatoms. The van der Waals surface area contributed by atoms with Gasteiger partial charge in [0.05, 0.1) is 23.8 Å². The van der Waals surface area contributed by atoms with Gasteiger partial charge >= 0.3 is 6.09 Å². The van der Waals surface area contributed by atoms with Crippen LogP contribution in [0.5, 0.6) is 5.75 Å². The van der Waals surface area contributed by atoms with E-state index >= 15 is 0 Å². The van der Waals surface area contributed by atoms with Gasteiger partial charge in [0, 0.05) is 36.0 Å². The minimum atomic E-state index is -0.538. The quantitative estimate of drug-likeness (QED) is 0.114. The third-order valence-corrected chi connectivity index (χ3v) is 12.1. The Morgan fingerprint density at radius 2 is 1.80 bits per heavy atom. The van der Waals surface area contributed by atoms with Crippen molar-refractivity contribution in [1.82, 2.24) is 24.6 Å². The summed E-state index contributed by atoms with van der Waals surface area (Å²) < 4.78 is 21.4. The molecule has 282 valence electrons. The fourth-order valence-electron chi connectivity index (χ4n) is 8.77. The van der Waals surface area contributed by atoms with Crippen molar-refractivity contribution in [3.63, 3.8) is 0 Å². The molecule has 54 heavy (non-hydrogen) atoms. The van der Waals surface area contributed by atoms with E-state index in [4.69, 9.17) is 29.3 Å². The number of piperazine rings is 1. The van der Waals surface area contributed by atoms with Crippen LogP contribution in [0.15, 0.2) is 59.9 Å². The van der Waals surface area contributed by atoms with Crippen LogP contribution in [0.1, 0.15) is 101 Å². The molecule has 3 aromatic carbocycles. The molecule has 0 spiro atoms. The highest BCUT2D eigenvalue weighted by molar-refractivity contribution is 7.98. The normalized spacial score (nSPS) is 22.0. The molecule has 5 aromatic rings. The van der Waals surface area contributed by atoms with Crippen LogP contribution in [0.2, 0.25) is 0 Å². The highest BCUT2D eigenvalue weighted by Crippen LogP contribution is 2.54. The maximum absolute atomic E-state index is 13.2. The monoisotopic (exact) mass is 746 g/mol. The van der Waals surface area contributed by atoms with Crippen molar-refractivity contribution in [1.29, 1.82) is 0 Å². The first-order valence-corrected chi connectivity index (χ1v) is 20.8. The molecule has 5 heterocycles. The molecular formula is C43H50N6O4S. The Morgan fingerprint density at radius 1 is 0.981 bits per heavy atom. The first-order valence-electron chi connectivity index (χ1n) is 19.6. The summed E-state index contributed by atoms with van der Waals surface area (Å²) in [5.41, 5.74) is 7.15. The zero-order chi connectivity index (χ0) is 37.3. The van der Waals surface area contributed by atoms with E-state index in [0.717, 1.165) is 95.2 Å². The maximum atomic E-state index is 13.2. The number of likely N-dealkylation sites (tertiary alicyclic amines) is 1. The van der Waals surface area contributed by atoms with Crippen molar-refractivity contribution in [2.75, 3.05) is 30.9 Å². The fraction of sp³-hybridized carbons (Fsp3) is 0.488. The summed E-state index contributed by atoms with van der Waals surface area (Å²) in [6.45, 7) is 12.2. The van der Waals surface area contributed by atoms with Crippen molar-refractivity contribution in [2.45, 2.75) is 114 Å². The van der Waals surface area contributed by atoms with Gasteiger partial charge in [0.1, 0.15) is 23.0 Å². The van der Waals surface area contributed by atoms with Gasteiger partial charge in [0.15, 0.2) is 17.1 Å². The Balaban J connectivity index is 1.23. The Morgan fingerprint density at radius 3 is 2.48 bits per heavy atom. The molecule has 1 amide bonds. The van der Waals surface area contributed by atoms with E-state index in [9.17, 15) is 4.79 Å². The van der Waals surface area contributed by atoms with Gasteiger partial charge in [0.2, 0.25) is 0 Å². The number of carbonyl (C=O) groups is 1. The summed E-state index contributed by atoms with van der Waals surface area (Å²) in [5, 5.41) is 7.77. The van der Waals surface area contributed by atoms with Gasteiger partial charge in [-0.1, -0.05) is 48.2 Å². The Bertz CT molecular complexity index is 2220. The third kappa shape index (κ3) is 6.36. The summed E-state index contributed by atoms with van der Waals surface area (Å²) in [6.07, 6.45) is 9.82. The van der Waals surface area contributed by atoms with E-state index < -0.39 is 5.60 Å². The standard InChI is InChI=1S/C43H50N6O4S/c1-25-15-18-34-33(22-44-49(34)35-14-10-11-19-51-35)36(25)37-31(28-16-17-28)21-32-38(39(37)52-26(2)27-12-8-7-9-13-27)45-41(54-6)46-40(32)47-23-30-20-29(47)24-48(30)42(50)53-43(3,4)5/h7-9,12-13,15,18,21-22,26,28-30,35H,10-11,14,16-17,19-20,23-24H2,1-6H3/t26-,29-,30-,35?/m0/s1. The highest BCUT2D eigenvalue weighted by atomic mass is 32.2. The van der Waals surface area contributed by atoms with Crippen molar-refractivity contribution < 1.29 is 19.0 Å². The van der Waals surface area contributed by atoms with Crippen molar-refractivity contribution >= 4 is 45.5 Å². The molecular weight excluding hydrogens is 697 g/mol. The lowest BCUT2D eigenvalue weighted by molar-refractivity contribution is -0.0366. The second-order valence-electron chi connectivity index (χ2n) is 16.5. The largest absolute Gasteiger partial charge is 0.483 e. The number of amides is 1. The first-order chi connectivity index (χ1) is 26.1. The number of hydrogen-bond donors (Lipinski definition) is 0. The van der Waals surface area contributed by atoms with Gasteiger partial charge < -0.3 is 24.0 Å². The summed E-state index contributed by atoms with van der Waals surface area (Å²) in [6, 6.07) is 17.4. The molecule has 3 aliphatic heterocycles. The minimum absolute atomic E-state index is 0.0635. The van der Waals surface area contributed by atoms with Crippen LogP contribution in [-0.4, -0.2) is 74.4 Å². The lowest BCUT2D eigenvalue weighted by Crippen LogP contribution is -2.50. The number of fused-ring (bicyclic) bond motifs is 4. The molecule has 0 N–H and O–H groups in total. The van der Waals surface area contributed by atoms with Crippen LogP contribution in [0.25, 0.3) is 32.9 Å². The molecule has 9 rings (SSSR count). The second kappa shape index (κ2) is 13.7. The zero-order valence-corrected chi connectivity index (χ0v) is 33.0. The molecule has 4 aliphatic rings. The predicted octanol–water partition coefficient (Wildman–Crippen LogP) is 9.59.